The van der Waals surface area contributed by atoms with Gasteiger partial charge in [0.2, 0.25) is 0 Å². The molecule has 0 spiro atoms. The van der Waals surface area contributed by atoms with Crippen LogP contribution in [0.1, 0.15) is 32.3 Å². The Morgan fingerprint density at radius 2 is 2.20 bits per heavy atom. The van der Waals surface area contributed by atoms with E-state index in [1.165, 1.54) is 0 Å². The summed E-state index contributed by atoms with van der Waals surface area (Å²) in [5.74, 6) is 0.460. The van der Waals surface area contributed by atoms with E-state index in [2.05, 4.69) is 21.2 Å². The molecule has 1 unspecified atom stereocenters. The lowest BCUT2D eigenvalue weighted by Crippen LogP contribution is -2.47. The van der Waals surface area contributed by atoms with Crippen molar-refractivity contribution in [2.75, 3.05) is 13.2 Å². The lowest BCUT2D eigenvalue weighted by Gasteiger charge is -2.28. The molecule has 1 aromatic rings. The minimum Gasteiger partial charge on any atom is -0.483 e. The zero-order valence-corrected chi connectivity index (χ0v) is 13.8. The van der Waals surface area contributed by atoms with Gasteiger partial charge in [-0.2, -0.15) is 0 Å². The minimum atomic E-state index is -0.389. The van der Waals surface area contributed by atoms with Gasteiger partial charge in [0.05, 0.1) is 4.47 Å². The summed E-state index contributed by atoms with van der Waals surface area (Å²) in [6, 6.07) is 5.70. The van der Waals surface area contributed by atoms with Crippen molar-refractivity contribution in [2.45, 2.75) is 39.2 Å². The van der Waals surface area contributed by atoms with E-state index < -0.39 is 0 Å². The molecule has 0 bridgehead atoms. The maximum Gasteiger partial charge on any atom is 0.258 e. The van der Waals surface area contributed by atoms with Gasteiger partial charge in [0, 0.05) is 12.1 Å². The average molecular weight is 344 g/mol. The van der Waals surface area contributed by atoms with E-state index in [4.69, 9.17) is 9.84 Å². The summed E-state index contributed by atoms with van der Waals surface area (Å²) in [6.45, 7) is 5.90. The highest BCUT2D eigenvalue weighted by atomic mass is 79.9. The number of amides is 1. The molecule has 112 valence electrons. The third-order valence-corrected chi connectivity index (χ3v) is 3.95. The van der Waals surface area contributed by atoms with Crippen molar-refractivity contribution in [3.05, 3.63) is 28.2 Å². The molecular formula is C15H22BrNO3. The predicted octanol–water partition coefficient (Wildman–Crippen LogP) is 2.80. The van der Waals surface area contributed by atoms with Gasteiger partial charge in [-0.15, -0.1) is 0 Å². The Morgan fingerprint density at radius 1 is 1.50 bits per heavy atom. The molecule has 5 heteroatoms. The first-order valence-electron chi connectivity index (χ1n) is 6.71. The number of aliphatic hydroxyl groups is 1. The van der Waals surface area contributed by atoms with Crippen LogP contribution in [-0.4, -0.2) is 29.8 Å². The fourth-order valence-corrected chi connectivity index (χ4v) is 2.42. The lowest BCUT2D eigenvalue weighted by atomic mass is 9.95. The molecule has 0 aliphatic heterocycles. The summed E-state index contributed by atoms with van der Waals surface area (Å²) in [7, 11) is 0. The number of carbonyl (C=O) groups excluding carboxylic acids is 1. The molecule has 0 heterocycles. The number of aryl methyl sites for hydroxylation is 1. The van der Waals surface area contributed by atoms with Crippen molar-refractivity contribution < 1.29 is 14.6 Å². The molecule has 0 radical (unpaired) electrons. The molecule has 20 heavy (non-hydrogen) atoms. The van der Waals surface area contributed by atoms with E-state index in [9.17, 15) is 4.79 Å². The number of hydrogen-bond donors (Lipinski definition) is 2. The normalized spacial score (nSPS) is 13.7. The lowest BCUT2D eigenvalue weighted by molar-refractivity contribution is -0.125. The van der Waals surface area contributed by atoms with Crippen LogP contribution in [-0.2, 0) is 4.79 Å². The molecule has 4 nitrogen and oxygen atoms in total. The largest absolute Gasteiger partial charge is 0.483 e. The molecule has 0 aliphatic carbocycles. The second-order valence-corrected chi connectivity index (χ2v) is 6.01. The van der Waals surface area contributed by atoms with Gasteiger partial charge in [0.15, 0.2) is 6.61 Å². The molecule has 0 fully saturated rings. The van der Waals surface area contributed by atoms with E-state index in [0.29, 0.717) is 12.2 Å². The molecule has 1 atom stereocenters. The Hall–Kier alpha value is -1.07. The molecule has 2 N–H and O–H groups in total. The van der Waals surface area contributed by atoms with Crippen LogP contribution in [0.25, 0.3) is 0 Å². The second-order valence-electron chi connectivity index (χ2n) is 5.16. The van der Waals surface area contributed by atoms with Gasteiger partial charge in [-0.25, -0.2) is 0 Å². The third kappa shape index (κ3) is 5.13. The molecule has 0 aromatic heterocycles. The van der Waals surface area contributed by atoms with Gasteiger partial charge in [-0.1, -0.05) is 13.0 Å². The van der Waals surface area contributed by atoms with Gasteiger partial charge in [-0.05, 0) is 60.3 Å². The highest BCUT2D eigenvalue weighted by Gasteiger charge is 2.23. The van der Waals surface area contributed by atoms with Crippen LogP contribution in [0.2, 0.25) is 0 Å². The Labute approximate surface area is 128 Å². The highest BCUT2D eigenvalue weighted by molar-refractivity contribution is 9.10. The topological polar surface area (TPSA) is 58.6 Å². The predicted molar refractivity (Wildman–Crippen MR) is 82.9 cm³/mol. The quantitative estimate of drug-likeness (QED) is 0.800. The fourth-order valence-electron chi connectivity index (χ4n) is 1.81. The van der Waals surface area contributed by atoms with Gasteiger partial charge in [0.1, 0.15) is 5.75 Å². The molecule has 1 rings (SSSR count). The molecule has 0 aliphatic rings. The summed E-state index contributed by atoms with van der Waals surface area (Å²) in [5, 5.41) is 11.9. The minimum absolute atomic E-state index is 0.0390. The summed E-state index contributed by atoms with van der Waals surface area (Å²) in [6.07, 6.45) is 1.29. The third-order valence-electron chi connectivity index (χ3n) is 3.33. The van der Waals surface area contributed by atoms with Crippen molar-refractivity contribution in [1.82, 2.24) is 5.32 Å². The molecular weight excluding hydrogens is 322 g/mol. The molecule has 1 amide bonds. The van der Waals surface area contributed by atoms with Crippen LogP contribution in [0.4, 0.5) is 0 Å². The number of halogens is 1. The van der Waals surface area contributed by atoms with E-state index in [0.717, 1.165) is 16.5 Å². The fraction of sp³-hybridized carbons (Fsp3) is 0.533. The van der Waals surface area contributed by atoms with Crippen molar-refractivity contribution >= 4 is 21.8 Å². The molecule has 0 saturated heterocycles. The van der Waals surface area contributed by atoms with E-state index >= 15 is 0 Å². The van der Waals surface area contributed by atoms with Gasteiger partial charge in [0.25, 0.3) is 5.91 Å². The summed E-state index contributed by atoms with van der Waals surface area (Å²) < 4.78 is 6.33. The average Bonchev–Trinajstić information content (AvgIpc) is 2.38. The first-order valence-corrected chi connectivity index (χ1v) is 7.50. The van der Waals surface area contributed by atoms with E-state index in [1.54, 1.807) is 0 Å². The number of hydrogen-bond acceptors (Lipinski definition) is 3. The van der Waals surface area contributed by atoms with Gasteiger partial charge < -0.3 is 15.2 Å². The Bertz CT molecular complexity index is 464. The van der Waals surface area contributed by atoms with Crippen LogP contribution >= 0.6 is 15.9 Å². The Balaban J connectivity index is 2.54. The maximum atomic E-state index is 11.9. The second kappa shape index (κ2) is 7.64. The monoisotopic (exact) mass is 343 g/mol. The Kier molecular flexibility index (Phi) is 6.49. The van der Waals surface area contributed by atoms with Crippen molar-refractivity contribution in [1.29, 1.82) is 0 Å². The van der Waals surface area contributed by atoms with Crippen LogP contribution in [0.15, 0.2) is 22.7 Å². The first-order chi connectivity index (χ1) is 9.40. The van der Waals surface area contributed by atoms with Crippen LogP contribution in [0, 0.1) is 6.92 Å². The Morgan fingerprint density at radius 3 is 2.75 bits per heavy atom. The smallest absolute Gasteiger partial charge is 0.258 e. The van der Waals surface area contributed by atoms with Gasteiger partial charge in [-0.3, -0.25) is 4.79 Å². The molecule has 1 aromatic carbocycles. The van der Waals surface area contributed by atoms with Gasteiger partial charge >= 0.3 is 0 Å². The highest BCUT2D eigenvalue weighted by Crippen LogP contribution is 2.25. The van der Waals surface area contributed by atoms with Crippen molar-refractivity contribution in [3.63, 3.8) is 0 Å². The SMILES string of the molecule is CCC(C)(CCO)NC(=O)COc1ccc(C)cc1Br. The number of rotatable bonds is 7. The summed E-state index contributed by atoms with van der Waals surface area (Å²) >= 11 is 3.41. The molecule has 0 saturated carbocycles. The maximum absolute atomic E-state index is 11.9. The summed E-state index contributed by atoms with van der Waals surface area (Å²) in [5.41, 5.74) is 0.731. The van der Waals surface area contributed by atoms with Crippen molar-refractivity contribution in [3.8, 4) is 5.75 Å². The van der Waals surface area contributed by atoms with Crippen LogP contribution in [0.3, 0.4) is 0 Å². The zero-order chi connectivity index (χ0) is 15.2. The number of nitrogens with one attached hydrogen (secondary N) is 1. The number of aliphatic hydroxyl groups excluding tert-OH is 1. The van der Waals surface area contributed by atoms with E-state index in [1.807, 2.05) is 39.0 Å². The summed E-state index contributed by atoms with van der Waals surface area (Å²) in [4.78, 5) is 11.9. The standard InChI is InChI=1S/C15H22BrNO3/c1-4-15(3,7-8-18)17-14(19)10-20-13-6-5-11(2)9-12(13)16/h5-6,9,18H,4,7-8,10H2,1-3H3,(H,17,19). The number of benzene rings is 1. The van der Waals surface area contributed by atoms with Crippen molar-refractivity contribution in [2.24, 2.45) is 0 Å². The first kappa shape index (κ1) is 17.0. The number of ether oxygens (including phenoxy) is 1. The van der Waals surface area contributed by atoms with Crippen LogP contribution < -0.4 is 10.1 Å². The van der Waals surface area contributed by atoms with Crippen LogP contribution in [0.5, 0.6) is 5.75 Å². The van der Waals surface area contributed by atoms with E-state index in [-0.39, 0.29) is 24.7 Å². The number of carbonyl (C=O) groups is 1. The zero-order valence-electron chi connectivity index (χ0n) is 12.2.